The number of piperidine rings is 1. The maximum Gasteiger partial charge on any atom is 0.252 e. The standard InChI is InChI=1S/C13H21ClN2O2S2/c1-3-8-16-9-6-11(7-10-16)15(2)20(17,18)13-5-4-12(14)19-13/h4-5,11H,3,6-10H2,1-2H3. The summed E-state index contributed by atoms with van der Waals surface area (Å²) < 4.78 is 27.4. The Hall–Kier alpha value is -0.140. The molecule has 0 unspecified atom stereocenters. The van der Waals surface area contributed by atoms with E-state index in [0.29, 0.717) is 8.55 Å². The summed E-state index contributed by atoms with van der Waals surface area (Å²) in [6.45, 7) is 5.22. The number of hydrogen-bond acceptors (Lipinski definition) is 4. The first kappa shape index (κ1) is 16.2. The third-order valence-electron chi connectivity index (χ3n) is 3.79. The molecule has 1 saturated heterocycles. The molecule has 0 bridgehead atoms. The van der Waals surface area contributed by atoms with Crippen molar-refractivity contribution >= 4 is 33.0 Å². The van der Waals surface area contributed by atoms with E-state index in [-0.39, 0.29) is 6.04 Å². The summed E-state index contributed by atoms with van der Waals surface area (Å²) in [5, 5.41) is 0. The normalized spacial score (nSPS) is 18.8. The van der Waals surface area contributed by atoms with Gasteiger partial charge in [-0.25, -0.2) is 8.42 Å². The molecule has 1 aliphatic heterocycles. The van der Waals surface area contributed by atoms with Crippen LogP contribution in [-0.2, 0) is 10.0 Å². The highest BCUT2D eigenvalue weighted by molar-refractivity contribution is 7.91. The average molecular weight is 337 g/mol. The van der Waals surface area contributed by atoms with Gasteiger partial charge in [-0.3, -0.25) is 0 Å². The van der Waals surface area contributed by atoms with Gasteiger partial charge >= 0.3 is 0 Å². The largest absolute Gasteiger partial charge is 0.303 e. The van der Waals surface area contributed by atoms with Crippen LogP contribution in [0.1, 0.15) is 26.2 Å². The SMILES string of the molecule is CCCN1CCC(N(C)S(=O)(=O)c2ccc(Cl)s2)CC1. The summed E-state index contributed by atoms with van der Waals surface area (Å²) in [6.07, 6.45) is 2.94. The molecule has 0 spiro atoms. The fourth-order valence-electron chi connectivity index (χ4n) is 2.60. The van der Waals surface area contributed by atoms with Crippen LogP contribution in [0.4, 0.5) is 0 Å². The minimum absolute atomic E-state index is 0.0916. The van der Waals surface area contributed by atoms with Crippen molar-refractivity contribution in [3.63, 3.8) is 0 Å². The van der Waals surface area contributed by atoms with Crippen molar-refractivity contribution in [3.05, 3.63) is 16.5 Å². The Balaban J connectivity index is 2.03. The molecule has 7 heteroatoms. The van der Waals surface area contributed by atoms with Crippen LogP contribution in [0.5, 0.6) is 0 Å². The Morgan fingerprint density at radius 1 is 1.40 bits per heavy atom. The van der Waals surface area contributed by atoms with Crippen LogP contribution < -0.4 is 0 Å². The number of nitrogens with zero attached hydrogens (tertiary/aromatic N) is 2. The van der Waals surface area contributed by atoms with Gasteiger partial charge in [0.05, 0.1) is 4.34 Å². The number of likely N-dealkylation sites (tertiary alicyclic amines) is 1. The van der Waals surface area contributed by atoms with Gasteiger partial charge in [-0.2, -0.15) is 4.31 Å². The van der Waals surface area contributed by atoms with Crippen LogP contribution in [-0.4, -0.2) is 50.3 Å². The summed E-state index contributed by atoms with van der Waals surface area (Å²) in [6, 6.07) is 3.32. The van der Waals surface area contributed by atoms with E-state index >= 15 is 0 Å². The molecule has 0 atom stereocenters. The summed E-state index contributed by atoms with van der Waals surface area (Å²) in [4.78, 5) is 2.40. The van der Waals surface area contributed by atoms with Gasteiger partial charge in [0.2, 0.25) is 0 Å². The Morgan fingerprint density at radius 3 is 2.55 bits per heavy atom. The molecule has 1 aliphatic rings. The van der Waals surface area contributed by atoms with Gasteiger partial charge in [0.25, 0.3) is 10.0 Å². The molecule has 2 rings (SSSR count). The van der Waals surface area contributed by atoms with Crippen molar-refractivity contribution in [1.29, 1.82) is 0 Å². The second-order valence-corrected chi connectivity index (χ2v) is 9.09. The van der Waals surface area contributed by atoms with Crippen molar-refractivity contribution in [2.24, 2.45) is 0 Å². The van der Waals surface area contributed by atoms with Crippen LogP contribution in [0.3, 0.4) is 0 Å². The fraction of sp³-hybridized carbons (Fsp3) is 0.692. The van der Waals surface area contributed by atoms with Crippen LogP contribution >= 0.6 is 22.9 Å². The molecule has 0 aromatic carbocycles. The predicted octanol–water partition coefficient (Wildman–Crippen LogP) is 2.90. The Kier molecular flexibility index (Phi) is 5.48. The summed E-state index contributed by atoms with van der Waals surface area (Å²) >= 11 is 6.96. The lowest BCUT2D eigenvalue weighted by Gasteiger charge is -2.35. The van der Waals surface area contributed by atoms with Crippen molar-refractivity contribution in [3.8, 4) is 0 Å². The van der Waals surface area contributed by atoms with Gasteiger partial charge in [0.15, 0.2) is 0 Å². The van der Waals surface area contributed by atoms with Gasteiger partial charge < -0.3 is 4.90 Å². The molecule has 1 fully saturated rings. The van der Waals surface area contributed by atoms with Crippen LogP contribution in [0.25, 0.3) is 0 Å². The Morgan fingerprint density at radius 2 is 2.05 bits per heavy atom. The molecule has 4 nitrogen and oxygen atoms in total. The molecule has 0 saturated carbocycles. The molecule has 114 valence electrons. The monoisotopic (exact) mass is 336 g/mol. The highest BCUT2D eigenvalue weighted by Crippen LogP contribution is 2.30. The predicted molar refractivity (Wildman–Crippen MR) is 84.0 cm³/mol. The fourth-order valence-corrected chi connectivity index (χ4v) is 5.68. The van der Waals surface area contributed by atoms with E-state index in [1.165, 1.54) is 4.31 Å². The first-order chi connectivity index (χ1) is 9.45. The van der Waals surface area contributed by atoms with Gasteiger partial charge in [0, 0.05) is 13.1 Å². The third-order valence-corrected chi connectivity index (χ3v) is 7.40. The number of sulfonamides is 1. The zero-order valence-corrected chi connectivity index (χ0v) is 14.3. The molecule has 0 aliphatic carbocycles. The summed E-state index contributed by atoms with van der Waals surface area (Å²) in [5.41, 5.74) is 0. The van der Waals surface area contributed by atoms with Crippen LogP contribution in [0, 0.1) is 0 Å². The van der Waals surface area contributed by atoms with Crippen molar-refractivity contribution in [2.45, 2.75) is 36.4 Å². The number of hydrogen-bond donors (Lipinski definition) is 0. The molecule has 0 amide bonds. The van der Waals surface area contributed by atoms with Gasteiger partial charge in [-0.15, -0.1) is 11.3 Å². The van der Waals surface area contributed by atoms with Crippen LogP contribution in [0.2, 0.25) is 4.34 Å². The molecule has 2 heterocycles. The lowest BCUT2D eigenvalue weighted by molar-refractivity contribution is 0.170. The molecule has 0 N–H and O–H groups in total. The number of rotatable bonds is 5. The van der Waals surface area contributed by atoms with Crippen molar-refractivity contribution in [1.82, 2.24) is 9.21 Å². The first-order valence-electron chi connectivity index (χ1n) is 6.91. The minimum atomic E-state index is -3.40. The van der Waals surface area contributed by atoms with E-state index in [2.05, 4.69) is 11.8 Å². The van der Waals surface area contributed by atoms with Crippen molar-refractivity contribution < 1.29 is 8.42 Å². The van der Waals surface area contributed by atoms with Crippen LogP contribution in [0.15, 0.2) is 16.3 Å². The Labute approximate surface area is 130 Å². The highest BCUT2D eigenvalue weighted by Gasteiger charge is 2.31. The molecule has 20 heavy (non-hydrogen) atoms. The smallest absolute Gasteiger partial charge is 0.252 e. The first-order valence-corrected chi connectivity index (χ1v) is 9.54. The number of halogens is 1. The molecule has 1 aromatic rings. The maximum atomic E-state index is 12.5. The molecular weight excluding hydrogens is 316 g/mol. The van der Waals surface area contributed by atoms with E-state index < -0.39 is 10.0 Å². The zero-order chi connectivity index (χ0) is 14.8. The lowest BCUT2D eigenvalue weighted by atomic mass is 10.1. The topological polar surface area (TPSA) is 40.6 Å². The lowest BCUT2D eigenvalue weighted by Crippen LogP contribution is -2.45. The van der Waals surface area contributed by atoms with E-state index in [0.717, 1.165) is 50.2 Å². The van der Waals surface area contributed by atoms with Gasteiger partial charge in [-0.1, -0.05) is 18.5 Å². The van der Waals surface area contributed by atoms with E-state index in [1.807, 2.05) is 0 Å². The minimum Gasteiger partial charge on any atom is -0.303 e. The average Bonchev–Trinajstić information content (AvgIpc) is 2.86. The highest BCUT2D eigenvalue weighted by atomic mass is 35.5. The molecule has 1 aromatic heterocycles. The van der Waals surface area contributed by atoms with E-state index in [4.69, 9.17) is 11.6 Å². The Bertz CT molecular complexity index is 536. The summed E-state index contributed by atoms with van der Waals surface area (Å²) in [5.74, 6) is 0. The van der Waals surface area contributed by atoms with Crippen molar-refractivity contribution in [2.75, 3.05) is 26.7 Å². The maximum absolute atomic E-state index is 12.5. The zero-order valence-electron chi connectivity index (χ0n) is 11.9. The summed E-state index contributed by atoms with van der Waals surface area (Å²) in [7, 11) is -1.72. The quantitative estimate of drug-likeness (QED) is 0.830. The van der Waals surface area contributed by atoms with E-state index in [9.17, 15) is 8.42 Å². The number of thiophene rings is 1. The van der Waals surface area contributed by atoms with Gasteiger partial charge in [0.1, 0.15) is 4.21 Å². The molecular formula is C13H21ClN2O2S2. The second-order valence-electron chi connectivity index (χ2n) is 5.15. The van der Waals surface area contributed by atoms with Gasteiger partial charge in [-0.05, 0) is 51.0 Å². The third kappa shape index (κ3) is 3.54. The molecule has 0 radical (unpaired) electrons. The van der Waals surface area contributed by atoms with E-state index in [1.54, 1.807) is 19.2 Å². The second kappa shape index (κ2) is 6.75.